The molecule has 1 aliphatic rings. The van der Waals surface area contributed by atoms with Crippen molar-refractivity contribution in [1.82, 2.24) is 5.32 Å². The lowest BCUT2D eigenvalue weighted by Gasteiger charge is -2.14. The molecular weight excluding hydrogens is 284 g/mol. The Bertz CT molecular complexity index is 680. The average molecular weight is 304 g/mol. The van der Waals surface area contributed by atoms with Gasteiger partial charge in [0, 0.05) is 22.5 Å². The number of carbonyl (C=O) groups excluding carboxylic acids is 1. The highest BCUT2D eigenvalue weighted by molar-refractivity contribution is 7.21. The highest BCUT2D eigenvalue weighted by Gasteiger charge is 2.26. The van der Waals surface area contributed by atoms with Crippen LogP contribution in [0.5, 0.6) is 0 Å². The van der Waals surface area contributed by atoms with Crippen LogP contribution in [0.25, 0.3) is 10.1 Å². The fourth-order valence-electron chi connectivity index (χ4n) is 2.96. The molecule has 112 valence electrons. The zero-order valence-electron chi connectivity index (χ0n) is 12.1. The van der Waals surface area contributed by atoms with Gasteiger partial charge in [0.15, 0.2) is 0 Å². The third-order valence-corrected chi connectivity index (χ3v) is 5.42. The Balaban J connectivity index is 1.76. The lowest BCUT2D eigenvalue weighted by molar-refractivity contribution is 0.0921. The second kappa shape index (κ2) is 5.66. The van der Waals surface area contributed by atoms with Gasteiger partial charge in [-0.1, -0.05) is 18.1 Å². The van der Waals surface area contributed by atoms with E-state index in [1.165, 1.54) is 11.3 Å². The third-order valence-electron chi connectivity index (χ3n) is 4.23. The van der Waals surface area contributed by atoms with E-state index in [-0.39, 0.29) is 17.9 Å². The van der Waals surface area contributed by atoms with Crippen molar-refractivity contribution in [1.29, 1.82) is 0 Å². The van der Waals surface area contributed by atoms with Crippen molar-refractivity contribution in [3.8, 4) is 0 Å². The number of aryl methyl sites for hydroxylation is 1. The molecular formula is C16H20N2O2S. The van der Waals surface area contributed by atoms with Crippen LogP contribution in [0.2, 0.25) is 0 Å². The maximum absolute atomic E-state index is 12.3. The first-order valence-corrected chi connectivity index (χ1v) is 8.13. The Morgan fingerprint density at radius 1 is 1.48 bits per heavy atom. The highest BCUT2D eigenvalue weighted by Crippen LogP contribution is 2.34. The van der Waals surface area contributed by atoms with Gasteiger partial charge in [-0.15, -0.1) is 11.3 Å². The van der Waals surface area contributed by atoms with Gasteiger partial charge < -0.3 is 16.2 Å². The molecule has 0 saturated heterocycles. The van der Waals surface area contributed by atoms with Crippen LogP contribution in [0.15, 0.2) is 18.2 Å². The standard InChI is InChI=1S/C16H20N2O2S/c1-9-5-6-13-11(7-9)14(17)15(21-13)16(20)18-8-10-3-2-4-12(10)19/h5-7,10,12,19H,2-4,8,17H2,1H3,(H,18,20). The van der Waals surface area contributed by atoms with Crippen LogP contribution in [0.4, 0.5) is 5.69 Å². The number of aliphatic hydroxyl groups is 1. The second-order valence-corrected chi connectivity index (χ2v) is 6.87. The maximum Gasteiger partial charge on any atom is 0.263 e. The number of amides is 1. The van der Waals surface area contributed by atoms with E-state index in [0.717, 1.165) is 34.9 Å². The number of nitrogens with one attached hydrogen (secondary N) is 1. The molecule has 1 fully saturated rings. The number of anilines is 1. The van der Waals surface area contributed by atoms with Crippen molar-refractivity contribution in [2.45, 2.75) is 32.3 Å². The van der Waals surface area contributed by atoms with Gasteiger partial charge in [0.25, 0.3) is 5.91 Å². The van der Waals surface area contributed by atoms with E-state index in [1.54, 1.807) is 0 Å². The molecule has 2 aromatic rings. The van der Waals surface area contributed by atoms with Crippen LogP contribution < -0.4 is 11.1 Å². The molecule has 1 saturated carbocycles. The topological polar surface area (TPSA) is 75.3 Å². The molecule has 21 heavy (non-hydrogen) atoms. The van der Waals surface area contributed by atoms with Gasteiger partial charge in [0.05, 0.1) is 11.8 Å². The van der Waals surface area contributed by atoms with E-state index in [4.69, 9.17) is 5.73 Å². The summed E-state index contributed by atoms with van der Waals surface area (Å²) in [7, 11) is 0. The fourth-order valence-corrected chi connectivity index (χ4v) is 3.98. The SMILES string of the molecule is Cc1ccc2sc(C(=O)NCC3CCCC3O)c(N)c2c1. The van der Waals surface area contributed by atoms with E-state index >= 15 is 0 Å². The Labute approximate surface area is 128 Å². The monoisotopic (exact) mass is 304 g/mol. The summed E-state index contributed by atoms with van der Waals surface area (Å²) in [5.41, 5.74) is 7.81. The first-order chi connectivity index (χ1) is 10.1. The summed E-state index contributed by atoms with van der Waals surface area (Å²) in [4.78, 5) is 12.9. The minimum Gasteiger partial charge on any atom is -0.397 e. The minimum absolute atomic E-state index is 0.134. The number of rotatable bonds is 3. The third kappa shape index (κ3) is 2.76. The van der Waals surface area contributed by atoms with Gasteiger partial charge >= 0.3 is 0 Å². The molecule has 0 aliphatic heterocycles. The zero-order valence-corrected chi connectivity index (χ0v) is 12.9. The van der Waals surface area contributed by atoms with Crippen molar-refractivity contribution >= 4 is 33.0 Å². The molecule has 2 unspecified atom stereocenters. The summed E-state index contributed by atoms with van der Waals surface area (Å²) in [6, 6.07) is 6.04. The molecule has 1 aromatic carbocycles. The second-order valence-electron chi connectivity index (χ2n) is 5.81. The lowest BCUT2D eigenvalue weighted by Crippen LogP contribution is -2.32. The molecule has 2 atom stereocenters. The average Bonchev–Trinajstić information content (AvgIpc) is 3.01. The molecule has 0 bridgehead atoms. The van der Waals surface area contributed by atoms with Crippen molar-refractivity contribution in [2.24, 2.45) is 5.92 Å². The molecule has 3 rings (SSSR count). The van der Waals surface area contributed by atoms with Gasteiger partial charge in [0.2, 0.25) is 0 Å². The Morgan fingerprint density at radius 3 is 3.00 bits per heavy atom. The van der Waals surface area contributed by atoms with Crippen LogP contribution in [0.3, 0.4) is 0 Å². The Kier molecular flexibility index (Phi) is 3.87. The summed E-state index contributed by atoms with van der Waals surface area (Å²) < 4.78 is 1.03. The first kappa shape index (κ1) is 14.4. The Morgan fingerprint density at radius 2 is 2.29 bits per heavy atom. The Hall–Kier alpha value is -1.59. The molecule has 1 aliphatic carbocycles. The number of benzene rings is 1. The number of nitrogens with two attached hydrogens (primary N) is 1. The number of fused-ring (bicyclic) bond motifs is 1. The number of aliphatic hydroxyl groups excluding tert-OH is 1. The summed E-state index contributed by atoms with van der Waals surface area (Å²) in [6.07, 6.45) is 2.56. The van der Waals surface area contributed by atoms with Crippen molar-refractivity contribution in [2.75, 3.05) is 12.3 Å². The predicted octanol–water partition coefficient (Wildman–Crippen LogP) is 2.68. The minimum atomic E-state index is -0.285. The fraction of sp³-hybridized carbons (Fsp3) is 0.438. The molecule has 5 heteroatoms. The summed E-state index contributed by atoms with van der Waals surface area (Å²) in [5.74, 6) is 0.0391. The van der Waals surface area contributed by atoms with Gasteiger partial charge in [-0.2, -0.15) is 0 Å². The van der Waals surface area contributed by atoms with Crippen LogP contribution >= 0.6 is 11.3 Å². The van der Waals surface area contributed by atoms with Gasteiger partial charge in [-0.25, -0.2) is 0 Å². The molecule has 0 radical (unpaired) electrons. The summed E-state index contributed by atoms with van der Waals surface area (Å²) >= 11 is 1.42. The number of carbonyl (C=O) groups is 1. The van der Waals surface area contributed by atoms with E-state index in [2.05, 4.69) is 5.32 Å². The molecule has 4 nitrogen and oxygen atoms in total. The summed E-state index contributed by atoms with van der Waals surface area (Å²) in [6.45, 7) is 2.53. The van der Waals surface area contributed by atoms with Gasteiger partial charge in [0.1, 0.15) is 4.88 Å². The van der Waals surface area contributed by atoms with Crippen molar-refractivity contribution in [3.63, 3.8) is 0 Å². The van der Waals surface area contributed by atoms with Gasteiger partial charge in [-0.3, -0.25) is 4.79 Å². The van der Waals surface area contributed by atoms with Crippen LogP contribution in [0.1, 0.15) is 34.5 Å². The number of hydrogen-bond donors (Lipinski definition) is 3. The largest absolute Gasteiger partial charge is 0.397 e. The van der Waals surface area contributed by atoms with Crippen molar-refractivity contribution in [3.05, 3.63) is 28.6 Å². The normalized spacial score (nSPS) is 21.8. The highest BCUT2D eigenvalue weighted by atomic mass is 32.1. The van der Waals surface area contributed by atoms with Gasteiger partial charge in [-0.05, 0) is 31.9 Å². The first-order valence-electron chi connectivity index (χ1n) is 7.31. The molecule has 1 heterocycles. The summed E-state index contributed by atoms with van der Waals surface area (Å²) in [5, 5.41) is 13.7. The zero-order chi connectivity index (χ0) is 15.0. The van der Waals surface area contributed by atoms with E-state index in [0.29, 0.717) is 17.1 Å². The van der Waals surface area contributed by atoms with E-state index < -0.39 is 0 Å². The van der Waals surface area contributed by atoms with Crippen LogP contribution in [0, 0.1) is 12.8 Å². The quantitative estimate of drug-likeness (QED) is 0.816. The maximum atomic E-state index is 12.3. The number of nitrogen functional groups attached to an aromatic ring is 1. The van der Waals surface area contributed by atoms with Crippen LogP contribution in [-0.4, -0.2) is 23.7 Å². The number of hydrogen-bond acceptors (Lipinski definition) is 4. The number of thiophene rings is 1. The van der Waals surface area contributed by atoms with Crippen LogP contribution in [-0.2, 0) is 0 Å². The lowest BCUT2D eigenvalue weighted by atomic mass is 10.1. The van der Waals surface area contributed by atoms with E-state index in [9.17, 15) is 9.90 Å². The predicted molar refractivity (Wildman–Crippen MR) is 86.7 cm³/mol. The molecule has 0 spiro atoms. The molecule has 4 N–H and O–H groups in total. The van der Waals surface area contributed by atoms with Crippen molar-refractivity contribution < 1.29 is 9.90 Å². The molecule has 1 amide bonds. The smallest absolute Gasteiger partial charge is 0.263 e. The van der Waals surface area contributed by atoms with E-state index in [1.807, 2.05) is 25.1 Å². The molecule has 1 aromatic heterocycles.